The monoisotopic (exact) mass is 339 g/mol. The van der Waals surface area contributed by atoms with Gasteiger partial charge in [-0.05, 0) is 56.3 Å². The molecule has 140 valence electrons. The second kappa shape index (κ2) is 9.62. The first-order valence-corrected chi connectivity index (χ1v) is 9.80. The molecule has 2 fully saturated rings. The van der Waals surface area contributed by atoms with E-state index in [0.717, 1.165) is 45.0 Å². The summed E-state index contributed by atoms with van der Waals surface area (Å²) in [6, 6.07) is 0. The minimum absolute atomic E-state index is 0.211. The number of aliphatic hydroxyl groups excluding tert-OH is 1. The third kappa shape index (κ3) is 5.92. The molecule has 0 aromatic carbocycles. The van der Waals surface area contributed by atoms with E-state index in [0.29, 0.717) is 5.41 Å². The highest BCUT2D eigenvalue weighted by atomic mass is 16.5. The van der Waals surface area contributed by atoms with Crippen LogP contribution in [-0.4, -0.2) is 51.0 Å². The van der Waals surface area contributed by atoms with Gasteiger partial charge in [-0.25, -0.2) is 0 Å². The predicted octanol–water partition coefficient (Wildman–Crippen LogP) is 2.69. The number of hydrogen-bond donors (Lipinski definition) is 3. The van der Waals surface area contributed by atoms with E-state index in [4.69, 9.17) is 9.73 Å². The van der Waals surface area contributed by atoms with Crippen LogP contribution in [0.4, 0.5) is 0 Å². The predicted molar refractivity (Wildman–Crippen MR) is 99.4 cm³/mol. The minimum Gasteiger partial charge on any atom is -0.396 e. The topological polar surface area (TPSA) is 65.9 Å². The summed E-state index contributed by atoms with van der Waals surface area (Å²) in [5.74, 6) is 0.934. The molecule has 5 heteroatoms. The Balaban J connectivity index is 1.89. The van der Waals surface area contributed by atoms with Gasteiger partial charge in [0.2, 0.25) is 0 Å². The highest BCUT2D eigenvalue weighted by Crippen LogP contribution is 2.48. The largest absolute Gasteiger partial charge is 0.396 e. The van der Waals surface area contributed by atoms with Gasteiger partial charge >= 0.3 is 0 Å². The number of nitrogens with zero attached hydrogens (tertiary/aromatic N) is 1. The van der Waals surface area contributed by atoms with Crippen LogP contribution in [0.25, 0.3) is 0 Å². The molecule has 0 spiro atoms. The van der Waals surface area contributed by atoms with Crippen molar-refractivity contribution in [3.05, 3.63) is 0 Å². The Labute approximate surface area is 147 Å². The van der Waals surface area contributed by atoms with Gasteiger partial charge in [0.1, 0.15) is 0 Å². The first kappa shape index (κ1) is 19.5. The van der Waals surface area contributed by atoms with E-state index >= 15 is 0 Å². The number of ether oxygens (including phenoxy) is 1. The van der Waals surface area contributed by atoms with Crippen LogP contribution < -0.4 is 10.6 Å². The summed E-state index contributed by atoms with van der Waals surface area (Å²) in [5.41, 5.74) is 0.627. The van der Waals surface area contributed by atoms with Gasteiger partial charge in [-0.2, -0.15) is 0 Å². The molecule has 2 saturated carbocycles. The Morgan fingerprint density at radius 2 is 1.79 bits per heavy atom. The SMILES string of the molecule is CCNC(=NCC1(CCO)CCCCC1)NCC1(CCOC)CC1. The molecule has 0 aromatic heterocycles. The van der Waals surface area contributed by atoms with E-state index in [1.165, 1.54) is 44.9 Å². The first-order valence-electron chi connectivity index (χ1n) is 9.80. The van der Waals surface area contributed by atoms with Crippen molar-refractivity contribution in [1.82, 2.24) is 10.6 Å². The lowest BCUT2D eigenvalue weighted by atomic mass is 9.72. The van der Waals surface area contributed by atoms with Crippen molar-refractivity contribution in [1.29, 1.82) is 0 Å². The van der Waals surface area contributed by atoms with Crippen molar-refractivity contribution in [2.75, 3.05) is 40.0 Å². The molecular weight excluding hydrogens is 302 g/mol. The third-order valence-electron chi connectivity index (χ3n) is 5.90. The van der Waals surface area contributed by atoms with Crippen molar-refractivity contribution >= 4 is 5.96 Å². The number of rotatable bonds is 10. The fraction of sp³-hybridized carbons (Fsp3) is 0.947. The molecule has 2 rings (SSSR count). The zero-order chi connectivity index (χ0) is 17.3. The van der Waals surface area contributed by atoms with Gasteiger partial charge in [0, 0.05) is 40.0 Å². The van der Waals surface area contributed by atoms with Gasteiger partial charge in [-0.3, -0.25) is 4.99 Å². The zero-order valence-electron chi connectivity index (χ0n) is 15.7. The highest BCUT2D eigenvalue weighted by Gasteiger charge is 2.42. The van der Waals surface area contributed by atoms with Crippen molar-refractivity contribution in [3.63, 3.8) is 0 Å². The Hall–Kier alpha value is -0.810. The summed E-state index contributed by atoms with van der Waals surface area (Å²) in [6.07, 6.45) is 10.9. The smallest absolute Gasteiger partial charge is 0.191 e. The normalized spacial score (nSPS) is 22.2. The van der Waals surface area contributed by atoms with Crippen LogP contribution in [0.15, 0.2) is 4.99 Å². The number of methoxy groups -OCH3 is 1. The fourth-order valence-electron chi connectivity index (χ4n) is 3.90. The van der Waals surface area contributed by atoms with Gasteiger partial charge in [-0.1, -0.05) is 19.3 Å². The summed E-state index contributed by atoms with van der Waals surface area (Å²) in [7, 11) is 1.78. The average Bonchev–Trinajstić information content (AvgIpc) is 3.37. The molecule has 3 N–H and O–H groups in total. The maximum Gasteiger partial charge on any atom is 0.191 e. The van der Waals surface area contributed by atoms with E-state index < -0.39 is 0 Å². The van der Waals surface area contributed by atoms with Crippen LogP contribution in [0, 0.1) is 10.8 Å². The molecular formula is C19H37N3O2. The third-order valence-corrected chi connectivity index (χ3v) is 5.90. The van der Waals surface area contributed by atoms with Gasteiger partial charge < -0.3 is 20.5 Å². The van der Waals surface area contributed by atoms with Gasteiger partial charge in [0.15, 0.2) is 5.96 Å². The summed E-state index contributed by atoms with van der Waals surface area (Å²) < 4.78 is 5.24. The lowest BCUT2D eigenvalue weighted by molar-refractivity contribution is 0.137. The van der Waals surface area contributed by atoms with E-state index in [9.17, 15) is 5.11 Å². The fourth-order valence-corrected chi connectivity index (χ4v) is 3.90. The van der Waals surface area contributed by atoms with Gasteiger partial charge in [0.25, 0.3) is 0 Å². The number of aliphatic hydroxyl groups is 1. The molecule has 0 radical (unpaired) electrons. The molecule has 0 aliphatic heterocycles. The molecule has 0 unspecified atom stereocenters. The zero-order valence-corrected chi connectivity index (χ0v) is 15.7. The van der Waals surface area contributed by atoms with Crippen LogP contribution in [0.3, 0.4) is 0 Å². The molecule has 5 nitrogen and oxygen atoms in total. The molecule has 24 heavy (non-hydrogen) atoms. The molecule has 0 saturated heterocycles. The molecule has 0 amide bonds. The molecule has 2 aliphatic carbocycles. The maximum absolute atomic E-state index is 9.46. The summed E-state index contributed by atoms with van der Waals surface area (Å²) in [4.78, 5) is 4.89. The highest BCUT2D eigenvalue weighted by molar-refractivity contribution is 5.79. The molecule has 0 atom stereocenters. The standard InChI is InChI=1S/C19H37N3O2/c1-3-20-17(22-16-19(9-10-19)12-14-24-2)21-15-18(11-13-23)7-5-4-6-8-18/h23H,3-16H2,1-2H3,(H2,20,21,22). The van der Waals surface area contributed by atoms with Crippen LogP contribution in [0.2, 0.25) is 0 Å². The van der Waals surface area contributed by atoms with Crippen LogP contribution >= 0.6 is 0 Å². The lowest BCUT2D eigenvalue weighted by Crippen LogP contribution is -2.41. The van der Waals surface area contributed by atoms with Crippen molar-refractivity contribution in [3.8, 4) is 0 Å². The molecule has 2 aliphatic rings. The quantitative estimate of drug-likeness (QED) is 0.423. The Bertz CT molecular complexity index is 383. The lowest BCUT2D eigenvalue weighted by Gasteiger charge is -2.35. The Morgan fingerprint density at radius 3 is 2.38 bits per heavy atom. The number of hydrogen-bond acceptors (Lipinski definition) is 3. The summed E-state index contributed by atoms with van der Waals surface area (Å²) in [6.45, 7) is 5.92. The van der Waals surface area contributed by atoms with Crippen molar-refractivity contribution in [2.45, 2.75) is 64.7 Å². The minimum atomic E-state index is 0.211. The molecule has 0 aromatic rings. The van der Waals surface area contributed by atoms with Gasteiger partial charge in [0.05, 0.1) is 0 Å². The summed E-state index contributed by atoms with van der Waals surface area (Å²) in [5, 5.41) is 16.4. The van der Waals surface area contributed by atoms with Crippen molar-refractivity contribution in [2.24, 2.45) is 15.8 Å². The Morgan fingerprint density at radius 1 is 1.04 bits per heavy atom. The van der Waals surface area contributed by atoms with E-state index in [1.54, 1.807) is 7.11 Å². The Kier molecular flexibility index (Phi) is 7.82. The van der Waals surface area contributed by atoms with Gasteiger partial charge in [-0.15, -0.1) is 0 Å². The number of nitrogens with one attached hydrogen (secondary N) is 2. The van der Waals surface area contributed by atoms with E-state index in [1.807, 2.05) is 0 Å². The summed E-state index contributed by atoms with van der Waals surface area (Å²) >= 11 is 0. The number of aliphatic imine (C=N–C) groups is 1. The van der Waals surface area contributed by atoms with Crippen LogP contribution in [0.5, 0.6) is 0 Å². The van der Waals surface area contributed by atoms with Crippen LogP contribution in [0.1, 0.15) is 64.7 Å². The number of guanidine groups is 1. The van der Waals surface area contributed by atoms with E-state index in [-0.39, 0.29) is 12.0 Å². The van der Waals surface area contributed by atoms with E-state index in [2.05, 4.69) is 17.6 Å². The first-order chi connectivity index (χ1) is 11.7. The molecule has 0 bridgehead atoms. The van der Waals surface area contributed by atoms with Crippen LogP contribution in [-0.2, 0) is 4.74 Å². The maximum atomic E-state index is 9.46. The van der Waals surface area contributed by atoms with Crippen molar-refractivity contribution < 1.29 is 9.84 Å². The second-order valence-electron chi connectivity index (χ2n) is 7.83. The average molecular weight is 340 g/mol. The molecule has 0 heterocycles. The second-order valence-corrected chi connectivity index (χ2v) is 7.83.